The molecular formula is C19H18ClN3O3S. The lowest BCUT2D eigenvalue weighted by atomic mass is 10.1. The van der Waals surface area contributed by atoms with E-state index in [1.807, 2.05) is 6.07 Å². The molecule has 1 heterocycles. The molecule has 3 rings (SSSR count). The number of halogens is 1. The highest BCUT2D eigenvalue weighted by Gasteiger charge is 2.23. The second kappa shape index (κ2) is 7.99. The molecule has 1 fully saturated rings. The molecular weight excluding hydrogens is 386 g/mol. The molecule has 0 atom stereocenters. The van der Waals surface area contributed by atoms with E-state index >= 15 is 0 Å². The van der Waals surface area contributed by atoms with E-state index in [2.05, 4.69) is 4.72 Å². The Kier molecular flexibility index (Phi) is 5.68. The van der Waals surface area contributed by atoms with Gasteiger partial charge in [0, 0.05) is 18.1 Å². The van der Waals surface area contributed by atoms with Gasteiger partial charge < -0.3 is 4.90 Å². The van der Waals surface area contributed by atoms with Gasteiger partial charge in [-0.05, 0) is 61.7 Å². The van der Waals surface area contributed by atoms with Crippen molar-refractivity contribution in [2.75, 3.05) is 17.8 Å². The highest BCUT2D eigenvalue weighted by molar-refractivity contribution is 7.92. The third-order valence-electron chi connectivity index (χ3n) is 4.39. The van der Waals surface area contributed by atoms with Gasteiger partial charge in [0.05, 0.1) is 27.8 Å². The van der Waals surface area contributed by atoms with E-state index in [-0.39, 0.29) is 22.1 Å². The number of anilines is 1. The molecule has 140 valence electrons. The Labute approximate surface area is 163 Å². The van der Waals surface area contributed by atoms with E-state index < -0.39 is 10.0 Å². The Balaban J connectivity index is 1.92. The van der Waals surface area contributed by atoms with Crippen molar-refractivity contribution in [2.45, 2.75) is 24.2 Å². The summed E-state index contributed by atoms with van der Waals surface area (Å²) in [6, 6.07) is 12.0. The molecule has 1 aliphatic heterocycles. The number of carbonyl (C=O) groups is 1. The quantitative estimate of drug-likeness (QED) is 0.843. The number of hydrogen-bond donors (Lipinski definition) is 1. The van der Waals surface area contributed by atoms with Gasteiger partial charge in [0.1, 0.15) is 0 Å². The summed E-state index contributed by atoms with van der Waals surface area (Å²) in [6.07, 6.45) is 2.96. The summed E-state index contributed by atoms with van der Waals surface area (Å²) in [4.78, 5) is 14.6. The van der Waals surface area contributed by atoms with Crippen molar-refractivity contribution < 1.29 is 13.2 Å². The van der Waals surface area contributed by atoms with Crippen molar-refractivity contribution >= 4 is 33.2 Å². The van der Waals surface area contributed by atoms with Gasteiger partial charge in [0.2, 0.25) is 0 Å². The van der Waals surface area contributed by atoms with E-state index in [0.717, 1.165) is 19.3 Å². The van der Waals surface area contributed by atoms with Gasteiger partial charge in [-0.2, -0.15) is 5.26 Å². The first-order valence-corrected chi connectivity index (χ1v) is 10.4. The summed E-state index contributed by atoms with van der Waals surface area (Å²) in [5.74, 6) is -0.219. The van der Waals surface area contributed by atoms with Crippen LogP contribution in [-0.4, -0.2) is 32.3 Å². The summed E-state index contributed by atoms with van der Waals surface area (Å²) in [6.45, 7) is 1.31. The second-order valence-corrected chi connectivity index (χ2v) is 8.40. The van der Waals surface area contributed by atoms with Crippen molar-refractivity contribution in [2.24, 2.45) is 0 Å². The van der Waals surface area contributed by atoms with Crippen LogP contribution in [0.2, 0.25) is 5.02 Å². The molecule has 0 radical (unpaired) electrons. The molecule has 8 heteroatoms. The SMILES string of the molecule is N#Cc1ccc(S(=O)(=O)Nc2cc(Cl)ccc2C(=O)N2CCCCC2)cc1. The standard InChI is InChI=1S/C19H18ClN3O3S/c20-15-6-9-17(19(24)23-10-2-1-3-11-23)18(12-15)22-27(25,26)16-7-4-14(13-21)5-8-16/h4-9,12,22H,1-3,10-11H2. The number of nitriles is 1. The largest absolute Gasteiger partial charge is 0.339 e. The lowest BCUT2D eigenvalue weighted by Crippen LogP contribution is -2.36. The number of benzene rings is 2. The monoisotopic (exact) mass is 403 g/mol. The first kappa shape index (κ1) is 19.2. The second-order valence-electron chi connectivity index (χ2n) is 6.28. The molecule has 1 saturated heterocycles. The molecule has 27 heavy (non-hydrogen) atoms. The minimum atomic E-state index is -3.93. The van der Waals surface area contributed by atoms with E-state index in [1.165, 1.54) is 36.4 Å². The number of sulfonamides is 1. The van der Waals surface area contributed by atoms with Gasteiger partial charge >= 0.3 is 0 Å². The number of carbonyl (C=O) groups excluding carboxylic acids is 1. The maximum atomic E-state index is 12.8. The Hall–Kier alpha value is -2.56. The highest BCUT2D eigenvalue weighted by atomic mass is 35.5. The van der Waals surface area contributed by atoms with Crippen molar-refractivity contribution in [1.82, 2.24) is 4.90 Å². The Morgan fingerprint density at radius 2 is 1.74 bits per heavy atom. The summed E-state index contributed by atoms with van der Waals surface area (Å²) >= 11 is 6.03. The van der Waals surface area contributed by atoms with Crippen LogP contribution >= 0.6 is 11.6 Å². The van der Waals surface area contributed by atoms with Crippen LogP contribution in [0.15, 0.2) is 47.4 Å². The van der Waals surface area contributed by atoms with Crippen molar-refractivity contribution in [3.63, 3.8) is 0 Å². The van der Waals surface area contributed by atoms with E-state index in [9.17, 15) is 13.2 Å². The van der Waals surface area contributed by atoms with Crippen LogP contribution < -0.4 is 4.72 Å². The van der Waals surface area contributed by atoms with Crippen LogP contribution in [0.25, 0.3) is 0 Å². The fourth-order valence-electron chi connectivity index (χ4n) is 2.97. The van der Waals surface area contributed by atoms with Crippen LogP contribution in [0.1, 0.15) is 35.2 Å². The van der Waals surface area contributed by atoms with Crippen LogP contribution in [0.3, 0.4) is 0 Å². The fourth-order valence-corrected chi connectivity index (χ4v) is 4.21. The Morgan fingerprint density at radius 3 is 2.37 bits per heavy atom. The Morgan fingerprint density at radius 1 is 1.07 bits per heavy atom. The number of piperidine rings is 1. The van der Waals surface area contributed by atoms with Crippen LogP contribution in [0.5, 0.6) is 0 Å². The summed E-state index contributed by atoms with van der Waals surface area (Å²) in [5, 5.41) is 9.17. The number of hydrogen-bond acceptors (Lipinski definition) is 4. The molecule has 0 bridgehead atoms. The minimum Gasteiger partial charge on any atom is -0.339 e. The smallest absolute Gasteiger partial charge is 0.261 e. The zero-order chi connectivity index (χ0) is 19.4. The number of likely N-dealkylation sites (tertiary alicyclic amines) is 1. The first-order valence-electron chi connectivity index (χ1n) is 8.52. The first-order chi connectivity index (χ1) is 12.9. The number of nitrogens with zero attached hydrogens (tertiary/aromatic N) is 2. The summed E-state index contributed by atoms with van der Waals surface area (Å²) < 4.78 is 27.9. The molecule has 0 spiro atoms. The third-order valence-corrected chi connectivity index (χ3v) is 6.01. The predicted octanol–water partition coefficient (Wildman–Crippen LogP) is 3.64. The summed E-state index contributed by atoms with van der Waals surface area (Å²) in [5.41, 5.74) is 0.763. The van der Waals surface area contributed by atoms with Crippen molar-refractivity contribution in [3.05, 3.63) is 58.6 Å². The molecule has 1 amide bonds. The number of nitrogens with one attached hydrogen (secondary N) is 1. The zero-order valence-electron chi connectivity index (χ0n) is 14.5. The van der Waals surface area contributed by atoms with Gasteiger partial charge in [0.15, 0.2) is 0 Å². The van der Waals surface area contributed by atoms with Crippen molar-refractivity contribution in [3.8, 4) is 6.07 Å². The predicted molar refractivity (Wildman–Crippen MR) is 103 cm³/mol. The average Bonchev–Trinajstić information content (AvgIpc) is 2.68. The summed E-state index contributed by atoms with van der Waals surface area (Å²) in [7, 11) is -3.93. The van der Waals surface area contributed by atoms with E-state index in [4.69, 9.17) is 16.9 Å². The van der Waals surface area contributed by atoms with Crippen LogP contribution in [0.4, 0.5) is 5.69 Å². The molecule has 2 aromatic carbocycles. The fraction of sp³-hybridized carbons (Fsp3) is 0.263. The molecule has 6 nitrogen and oxygen atoms in total. The average molecular weight is 404 g/mol. The maximum absolute atomic E-state index is 12.8. The molecule has 1 N–H and O–H groups in total. The molecule has 1 aliphatic rings. The van der Waals surface area contributed by atoms with Gasteiger partial charge in [0.25, 0.3) is 15.9 Å². The van der Waals surface area contributed by atoms with Gasteiger partial charge in [-0.15, -0.1) is 0 Å². The zero-order valence-corrected chi connectivity index (χ0v) is 16.1. The molecule has 0 aliphatic carbocycles. The lowest BCUT2D eigenvalue weighted by molar-refractivity contribution is 0.0725. The number of amides is 1. The molecule has 0 unspecified atom stereocenters. The van der Waals surface area contributed by atoms with Crippen LogP contribution in [-0.2, 0) is 10.0 Å². The minimum absolute atomic E-state index is 0.00199. The lowest BCUT2D eigenvalue weighted by Gasteiger charge is -2.27. The van der Waals surface area contributed by atoms with Gasteiger partial charge in [-0.1, -0.05) is 11.6 Å². The highest BCUT2D eigenvalue weighted by Crippen LogP contribution is 2.26. The third kappa shape index (κ3) is 4.41. The van der Waals surface area contributed by atoms with Crippen LogP contribution in [0, 0.1) is 11.3 Å². The normalized spacial score (nSPS) is 14.4. The van der Waals surface area contributed by atoms with Gasteiger partial charge in [-0.25, -0.2) is 8.42 Å². The van der Waals surface area contributed by atoms with E-state index in [1.54, 1.807) is 11.0 Å². The molecule has 0 saturated carbocycles. The Bertz CT molecular complexity index is 992. The number of rotatable bonds is 4. The van der Waals surface area contributed by atoms with Gasteiger partial charge in [-0.3, -0.25) is 9.52 Å². The topological polar surface area (TPSA) is 90.3 Å². The molecule has 0 aromatic heterocycles. The maximum Gasteiger partial charge on any atom is 0.261 e. The van der Waals surface area contributed by atoms with E-state index in [0.29, 0.717) is 23.7 Å². The van der Waals surface area contributed by atoms with Crippen molar-refractivity contribution in [1.29, 1.82) is 5.26 Å². The molecule has 2 aromatic rings.